The van der Waals surface area contributed by atoms with Crippen LogP contribution in [0.5, 0.6) is 5.75 Å². The second-order valence-corrected chi connectivity index (χ2v) is 7.79. The summed E-state index contributed by atoms with van der Waals surface area (Å²) in [7, 11) is -1.78. The van der Waals surface area contributed by atoms with Gasteiger partial charge in [0.25, 0.3) is 0 Å². The largest absolute Gasteiger partial charge is 0.508 e. The van der Waals surface area contributed by atoms with E-state index in [0.29, 0.717) is 13.1 Å². The van der Waals surface area contributed by atoms with Crippen LogP contribution >= 0.6 is 0 Å². The van der Waals surface area contributed by atoms with E-state index in [2.05, 4.69) is 0 Å². The molecule has 20 heavy (non-hydrogen) atoms. The van der Waals surface area contributed by atoms with E-state index >= 15 is 0 Å². The van der Waals surface area contributed by atoms with Crippen LogP contribution in [0.15, 0.2) is 18.2 Å². The Labute approximate surface area is 119 Å². The summed E-state index contributed by atoms with van der Waals surface area (Å²) in [5.41, 5.74) is 2.05. The summed E-state index contributed by atoms with van der Waals surface area (Å²) in [6.07, 6.45) is 1.97. The molecule has 5 nitrogen and oxygen atoms in total. The summed E-state index contributed by atoms with van der Waals surface area (Å²) >= 11 is 0. The predicted octanol–water partition coefficient (Wildman–Crippen LogP) is 1.22. The van der Waals surface area contributed by atoms with Crippen molar-refractivity contribution in [2.24, 2.45) is 0 Å². The van der Waals surface area contributed by atoms with Gasteiger partial charge in [0.05, 0.1) is 12.4 Å². The first-order valence-corrected chi connectivity index (χ1v) is 8.37. The molecule has 110 valence electrons. The molecule has 1 N–H and O–H groups in total. The highest BCUT2D eigenvalue weighted by atomic mass is 32.2. The fraction of sp³-hybridized carbons (Fsp3) is 0.571. The van der Waals surface area contributed by atoms with Crippen molar-refractivity contribution in [1.29, 1.82) is 0 Å². The first-order valence-electron chi connectivity index (χ1n) is 6.76. The van der Waals surface area contributed by atoms with Gasteiger partial charge in [0.2, 0.25) is 10.0 Å². The van der Waals surface area contributed by atoms with E-state index < -0.39 is 10.0 Å². The molecule has 1 heterocycles. The third kappa shape index (κ3) is 2.32. The highest BCUT2D eigenvalue weighted by molar-refractivity contribution is 7.89. The molecule has 1 aliphatic carbocycles. The number of sulfonamides is 1. The maximum atomic E-state index is 12.3. The number of methoxy groups -OCH3 is 1. The number of benzene rings is 1. The minimum Gasteiger partial charge on any atom is -0.508 e. The van der Waals surface area contributed by atoms with E-state index in [1.807, 2.05) is 6.07 Å². The van der Waals surface area contributed by atoms with Gasteiger partial charge in [-0.2, -0.15) is 4.31 Å². The molecule has 6 heteroatoms. The van der Waals surface area contributed by atoms with E-state index in [0.717, 1.165) is 24.0 Å². The van der Waals surface area contributed by atoms with Crippen molar-refractivity contribution < 1.29 is 18.3 Å². The minimum atomic E-state index is -3.28. The molecule has 2 aliphatic rings. The fourth-order valence-corrected chi connectivity index (χ4v) is 4.37. The molecule has 0 radical (unpaired) electrons. The summed E-state index contributed by atoms with van der Waals surface area (Å²) in [6, 6.07) is 5.25. The molecule has 1 aliphatic heterocycles. The van der Waals surface area contributed by atoms with Gasteiger partial charge in [-0.15, -0.1) is 0 Å². The Morgan fingerprint density at radius 1 is 1.40 bits per heavy atom. The Morgan fingerprint density at radius 3 is 2.80 bits per heavy atom. The van der Waals surface area contributed by atoms with Crippen molar-refractivity contribution in [2.45, 2.75) is 24.8 Å². The van der Waals surface area contributed by atoms with Crippen LogP contribution in [0.4, 0.5) is 0 Å². The number of phenols is 1. The van der Waals surface area contributed by atoms with Crippen molar-refractivity contribution in [2.75, 3.05) is 26.0 Å². The zero-order valence-corrected chi connectivity index (χ0v) is 12.3. The molecule has 1 spiro atoms. The molecule has 0 atom stereocenters. The highest BCUT2D eigenvalue weighted by Crippen LogP contribution is 2.53. The summed E-state index contributed by atoms with van der Waals surface area (Å²) in [5, 5.41) is 9.64. The quantitative estimate of drug-likeness (QED) is 0.907. The van der Waals surface area contributed by atoms with E-state index in [1.54, 1.807) is 16.4 Å². The molecule has 0 unspecified atom stereocenters. The van der Waals surface area contributed by atoms with Crippen LogP contribution in [0, 0.1) is 0 Å². The van der Waals surface area contributed by atoms with Crippen molar-refractivity contribution in [3.63, 3.8) is 0 Å². The van der Waals surface area contributed by atoms with Gasteiger partial charge in [-0.1, -0.05) is 6.07 Å². The number of aromatic hydroxyl groups is 1. The zero-order chi connectivity index (χ0) is 14.4. The number of fused-ring (bicyclic) bond motifs is 2. The first kappa shape index (κ1) is 13.9. The zero-order valence-electron chi connectivity index (χ0n) is 11.5. The second kappa shape index (κ2) is 4.72. The van der Waals surface area contributed by atoms with Gasteiger partial charge in [0.15, 0.2) is 0 Å². The van der Waals surface area contributed by atoms with Gasteiger partial charge in [0.1, 0.15) is 5.75 Å². The van der Waals surface area contributed by atoms with Crippen LogP contribution in [0.25, 0.3) is 0 Å². The minimum absolute atomic E-state index is 0.0208. The van der Waals surface area contributed by atoms with Crippen LogP contribution < -0.4 is 0 Å². The van der Waals surface area contributed by atoms with Crippen LogP contribution in [-0.4, -0.2) is 43.8 Å². The molecule has 3 rings (SSSR count). The number of nitrogens with zero attached hydrogens (tertiary/aromatic N) is 1. The van der Waals surface area contributed by atoms with E-state index in [4.69, 9.17) is 4.74 Å². The van der Waals surface area contributed by atoms with Gasteiger partial charge in [-0.25, -0.2) is 8.42 Å². The standard InChI is InChI=1S/C14H19NO4S/c1-19-6-7-20(17,18)15-9-11-2-3-12(16)8-13(11)14(10-15)4-5-14/h2-3,8,16H,4-7,9-10H2,1H3. The Balaban J connectivity index is 1.91. The third-order valence-electron chi connectivity index (χ3n) is 4.28. The molecular weight excluding hydrogens is 278 g/mol. The smallest absolute Gasteiger partial charge is 0.216 e. The molecule has 1 aromatic carbocycles. The Bertz CT molecular complexity index is 622. The van der Waals surface area contributed by atoms with Gasteiger partial charge in [0, 0.05) is 25.6 Å². The molecule has 0 aromatic heterocycles. The molecule has 1 fully saturated rings. The van der Waals surface area contributed by atoms with Gasteiger partial charge in [-0.3, -0.25) is 0 Å². The topological polar surface area (TPSA) is 66.8 Å². The van der Waals surface area contributed by atoms with Crippen molar-refractivity contribution in [3.05, 3.63) is 29.3 Å². The molecule has 0 saturated heterocycles. The van der Waals surface area contributed by atoms with E-state index in [9.17, 15) is 13.5 Å². The summed E-state index contributed by atoms with van der Waals surface area (Å²) in [6.45, 7) is 1.13. The maximum Gasteiger partial charge on any atom is 0.216 e. The number of hydrogen-bond donors (Lipinski definition) is 1. The lowest BCUT2D eigenvalue weighted by atomic mass is 9.88. The lowest BCUT2D eigenvalue weighted by Gasteiger charge is -2.34. The number of ether oxygens (including phenoxy) is 1. The molecule has 0 bridgehead atoms. The fourth-order valence-electron chi connectivity index (χ4n) is 2.96. The number of rotatable bonds is 4. The van der Waals surface area contributed by atoms with Gasteiger partial charge in [-0.05, 0) is 36.1 Å². The Hall–Kier alpha value is -1.11. The summed E-state index contributed by atoms with van der Waals surface area (Å²) < 4.78 is 31.1. The van der Waals surface area contributed by atoms with Crippen LogP contribution in [0.2, 0.25) is 0 Å². The lowest BCUT2D eigenvalue weighted by Crippen LogP contribution is -2.43. The molecule has 1 aromatic rings. The van der Waals surface area contributed by atoms with Crippen molar-refractivity contribution in [3.8, 4) is 5.75 Å². The van der Waals surface area contributed by atoms with Crippen LogP contribution in [0.1, 0.15) is 24.0 Å². The summed E-state index contributed by atoms with van der Waals surface area (Å²) in [4.78, 5) is 0. The average molecular weight is 297 g/mol. The molecule has 0 amide bonds. The normalized spacial score (nSPS) is 20.9. The Morgan fingerprint density at radius 2 is 2.15 bits per heavy atom. The van der Waals surface area contributed by atoms with E-state index in [-0.39, 0.29) is 23.5 Å². The number of phenolic OH excluding ortho intramolecular Hbond substituents is 1. The SMILES string of the molecule is COCCS(=O)(=O)N1Cc2ccc(O)cc2C2(CC2)C1. The lowest BCUT2D eigenvalue weighted by molar-refractivity contribution is 0.214. The summed E-state index contributed by atoms with van der Waals surface area (Å²) in [5.74, 6) is 0.276. The van der Waals surface area contributed by atoms with Gasteiger partial charge >= 0.3 is 0 Å². The van der Waals surface area contributed by atoms with Crippen molar-refractivity contribution in [1.82, 2.24) is 4.31 Å². The Kier molecular flexibility index (Phi) is 3.27. The highest BCUT2D eigenvalue weighted by Gasteiger charge is 2.51. The van der Waals surface area contributed by atoms with E-state index in [1.165, 1.54) is 7.11 Å². The monoisotopic (exact) mass is 297 g/mol. The van der Waals surface area contributed by atoms with Crippen molar-refractivity contribution >= 4 is 10.0 Å². The second-order valence-electron chi connectivity index (χ2n) is 5.70. The molecular formula is C14H19NO4S. The first-order chi connectivity index (χ1) is 9.47. The van der Waals surface area contributed by atoms with Gasteiger partial charge < -0.3 is 9.84 Å². The number of hydrogen-bond acceptors (Lipinski definition) is 4. The average Bonchev–Trinajstić information content (AvgIpc) is 3.17. The molecule has 1 saturated carbocycles. The maximum absolute atomic E-state index is 12.3. The van der Waals surface area contributed by atoms with Crippen LogP contribution in [0.3, 0.4) is 0 Å². The van der Waals surface area contributed by atoms with Crippen LogP contribution in [-0.2, 0) is 26.7 Å². The predicted molar refractivity (Wildman–Crippen MR) is 75.1 cm³/mol. The third-order valence-corrected chi connectivity index (χ3v) is 6.01.